The summed E-state index contributed by atoms with van der Waals surface area (Å²) in [5.41, 5.74) is 0.731. The first kappa shape index (κ1) is 19.5. The van der Waals surface area contributed by atoms with Crippen LogP contribution in [-0.4, -0.2) is 32.6 Å². The van der Waals surface area contributed by atoms with Crippen molar-refractivity contribution in [3.05, 3.63) is 58.1 Å². The molecule has 0 aliphatic carbocycles. The summed E-state index contributed by atoms with van der Waals surface area (Å²) in [6, 6.07) is 9.89. The number of hydrogen-bond acceptors (Lipinski definition) is 5. The Hall–Kier alpha value is -1.80. The van der Waals surface area contributed by atoms with Gasteiger partial charge >= 0.3 is 5.97 Å². The average Bonchev–Trinajstić information content (AvgIpc) is 2.57. The van der Waals surface area contributed by atoms with E-state index in [1.165, 1.54) is 6.07 Å². The van der Waals surface area contributed by atoms with Gasteiger partial charge in [0.2, 0.25) is 10.0 Å². The predicted octanol–water partition coefficient (Wildman–Crippen LogP) is 2.76. The standard InChI is InChI=1S/C16H15Cl2NO5S/c1-24-16(21)13(7-10-5-3-2-4-6-10)19-25(22,23)14-9-11(17)8-12(18)15(14)20/h2-6,8-9,13,19-20H,7H2,1H3. The second-order valence-corrected chi connectivity index (χ2v) is 7.65. The molecule has 25 heavy (non-hydrogen) atoms. The van der Waals surface area contributed by atoms with E-state index >= 15 is 0 Å². The summed E-state index contributed by atoms with van der Waals surface area (Å²) in [5.74, 6) is -1.41. The number of methoxy groups -OCH3 is 1. The summed E-state index contributed by atoms with van der Waals surface area (Å²) in [5, 5.41) is 9.74. The number of phenols is 1. The van der Waals surface area contributed by atoms with Crippen molar-refractivity contribution in [3.8, 4) is 5.75 Å². The van der Waals surface area contributed by atoms with Crippen molar-refractivity contribution in [2.24, 2.45) is 0 Å². The monoisotopic (exact) mass is 403 g/mol. The Balaban J connectivity index is 2.36. The lowest BCUT2D eigenvalue weighted by atomic mass is 10.1. The van der Waals surface area contributed by atoms with Crippen molar-refractivity contribution in [1.82, 2.24) is 4.72 Å². The van der Waals surface area contributed by atoms with Gasteiger partial charge in [0, 0.05) is 5.02 Å². The molecular formula is C16H15Cl2NO5S. The summed E-state index contributed by atoms with van der Waals surface area (Å²) in [6.07, 6.45) is 0.0712. The number of halogens is 2. The summed E-state index contributed by atoms with van der Waals surface area (Å²) in [6.45, 7) is 0. The molecule has 2 aromatic rings. The zero-order chi connectivity index (χ0) is 18.6. The van der Waals surface area contributed by atoms with E-state index in [0.717, 1.165) is 18.7 Å². The fraction of sp³-hybridized carbons (Fsp3) is 0.188. The van der Waals surface area contributed by atoms with Crippen LogP contribution >= 0.6 is 23.2 Å². The fourth-order valence-corrected chi connectivity index (χ4v) is 4.11. The third-order valence-corrected chi connectivity index (χ3v) is 5.34. The minimum Gasteiger partial charge on any atom is -0.505 e. The molecule has 0 spiro atoms. The zero-order valence-corrected chi connectivity index (χ0v) is 15.4. The molecule has 0 bridgehead atoms. The highest BCUT2D eigenvalue weighted by molar-refractivity contribution is 7.89. The smallest absolute Gasteiger partial charge is 0.324 e. The number of carbonyl (C=O) groups excluding carboxylic acids is 1. The van der Waals surface area contributed by atoms with Crippen LogP contribution in [0.15, 0.2) is 47.4 Å². The lowest BCUT2D eigenvalue weighted by molar-refractivity contribution is -0.142. The number of phenolic OH excluding ortho intramolecular Hbond substituents is 1. The third kappa shape index (κ3) is 4.85. The SMILES string of the molecule is COC(=O)C(Cc1ccccc1)NS(=O)(=O)c1cc(Cl)cc(Cl)c1O. The van der Waals surface area contributed by atoms with Crippen LogP contribution in [0.5, 0.6) is 5.75 Å². The molecule has 0 fully saturated rings. The Labute approximate surface area is 155 Å². The molecule has 2 aromatic carbocycles. The number of aromatic hydroxyl groups is 1. The second-order valence-electron chi connectivity index (χ2n) is 5.12. The van der Waals surface area contributed by atoms with Crippen molar-refractivity contribution in [1.29, 1.82) is 0 Å². The molecule has 9 heteroatoms. The van der Waals surface area contributed by atoms with Gasteiger partial charge in [-0.15, -0.1) is 0 Å². The summed E-state index contributed by atoms with van der Waals surface area (Å²) in [4.78, 5) is 11.5. The molecule has 1 atom stereocenters. The Morgan fingerprint density at radius 1 is 1.24 bits per heavy atom. The molecule has 2 rings (SSSR count). The van der Waals surface area contributed by atoms with Crippen LogP contribution < -0.4 is 4.72 Å². The largest absolute Gasteiger partial charge is 0.505 e. The Morgan fingerprint density at radius 2 is 1.88 bits per heavy atom. The van der Waals surface area contributed by atoms with E-state index in [0.29, 0.717) is 0 Å². The maximum Gasteiger partial charge on any atom is 0.324 e. The van der Waals surface area contributed by atoms with E-state index in [9.17, 15) is 18.3 Å². The van der Waals surface area contributed by atoms with Crippen LogP contribution in [0.4, 0.5) is 0 Å². The summed E-state index contributed by atoms with van der Waals surface area (Å²) < 4.78 is 32.1. The normalized spacial score (nSPS) is 12.6. The summed E-state index contributed by atoms with van der Waals surface area (Å²) in [7, 11) is -3.12. The molecule has 0 heterocycles. The van der Waals surface area contributed by atoms with E-state index in [1.807, 2.05) is 0 Å². The van der Waals surface area contributed by atoms with Gasteiger partial charge in [-0.1, -0.05) is 53.5 Å². The first-order chi connectivity index (χ1) is 11.7. The Kier molecular flexibility index (Phi) is 6.29. The molecule has 0 radical (unpaired) electrons. The molecule has 6 nitrogen and oxygen atoms in total. The number of ether oxygens (including phenoxy) is 1. The van der Waals surface area contributed by atoms with Gasteiger partial charge in [0.05, 0.1) is 12.1 Å². The lowest BCUT2D eigenvalue weighted by Gasteiger charge is -2.17. The first-order valence-electron chi connectivity index (χ1n) is 7.06. The number of sulfonamides is 1. The van der Waals surface area contributed by atoms with E-state index in [1.54, 1.807) is 30.3 Å². The highest BCUT2D eigenvalue weighted by Gasteiger charge is 2.29. The van der Waals surface area contributed by atoms with Crippen molar-refractivity contribution in [2.75, 3.05) is 7.11 Å². The van der Waals surface area contributed by atoms with Crippen LogP contribution in [0.3, 0.4) is 0 Å². The average molecular weight is 404 g/mol. The number of hydrogen-bond donors (Lipinski definition) is 2. The van der Waals surface area contributed by atoms with Crippen molar-refractivity contribution in [3.63, 3.8) is 0 Å². The highest BCUT2D eigenvalue weighted by atomic mass is 35.5. The van der Waals surface area contributed by atoms with E-state index in [4.69, 9.17) is 23.2 Å². The van der Waals surface area contributed by atoms with Gasteiger partial charge in [-0.05, 0) is 24.1 Å². The van der Waals surface area contributed by atoms with E-state index in [-0.39, 0.29) is 16.5 Å². The van der Waals surface area contributed by atoms with Gasteiger partial charge in [-0.25, -0.2) is 8.42 Å². The summed E-state index contributed by atoms with van der Waals surface area (Å²) >= 11 is 11.6. The van der Waals surface area contributed by atoms with Crippen LogP contribution in [0, 0.1) is 0 Å². The predicted molar refractivity (Wildman–Crippen MR) is 94.4 cm³/mol. The minimum atomic E-state index is -4.28. The number of rotatable bonds is 6. The first-order valence-corrected chi connectivity index (χ1v) is 9.30. The molecule has 2 N–H and O–H groups in total. The molecule has 0 aliphatic rings. The maximum atomic E-state index is 12.6. The zero-order valence-electron chi connectivity index (χ0n) is 13.1. The molecule has 1 unspecified atom stereocenters. The van der Waals surface area contributed by atoms with Gasteiger partial charge in [-0.2, -0.15) is 4.72 Å². The van der Waals surface area contributed by atoms with Crippen LogP contribution in [-0.2, 0) is 26.0 Å². The molecule has 0 saturated carbocycles. The number of nitrogens with one attached hydrogen (secondary N) is 1. The van der Waals surface area contributed by atoms with Crippen LogP contribution in [0.25, 0.3) is 0 Å². The maximum absolute atomic E-state index is 12.6. The van der Waals surface area contributed by atoms with Gasteiger partial charge in [0.25, 0.3) is 0 Å². The van der Waals surface area contributed by atoms with Crippen molar-refractivity contribution in [2.45, 2.75) is 17.4 Å². The second kappa shape index (κ2) is 8.05. The van der Waals surface area contributed by atoms with Gasteiger partial charge in [-0.3, -0.25) is 4.79 Å². The number of carbonyl (C=O) groups is 1. The van der Waals surface area contributed by atoms with Gasteiger partial charge in [0.1, 0.15) is 10.9 Å². The van der Waals surface area contributed by atoms with Crippen LogP contribution in [0.1, 0.15) is 5.56 Å². The highest BCUT2D eigenvalue weighted by Crippen LogP contribution is 2.34. The molecule has 0 aromatic heterocycles. The quantitative estimate of drug-likeness (QED) is 0.723. The molecular weight excluding hydrogens is 389 g/mol. The van der Waals surface area contributed by atoms with E-state index < -0.39 is 32.7 Å². The van der Waals surface area contributed by atoms with Gasteiger partial charge < -0.3 is 9.84 Å². The van der Waals surface area contributed by atoms with Crippen molar-refractivity contribution >= 4 is 39.2 Å². The topological polar surface area (TPSA) is 92.7 Å². The fourth-order valence-electron chi connectivity index (χ4n) is 2.16. The van der Waals surface area contributed by atoms with E-state index in [2.05, 4.69) is 9.46 Å². The molecule has 0 aliphatic heterocycles. The number of esters is 1. The Bertz CT molecular complexity index is 872. The van der Waals surface area contributed by atoms with Crippen molar-refractivity contribution < 1.29 is 23.1 Å². The van der Waals surface area contributed by atoms with Crippen LogP contribution in [0.2, 0.25) is 10.0 Å². The lowest BCUT2D eigenvalue weighted by Crippen LogP contribution is -2.43. The Morgan fingerprint density at radius 3 is 2.48 bits per heavy atom. The minimum absolute atomic E-state index is 0.0286. The molecule has 0 amide bonds. The molecule has 0 saturated heterocycles. The number of benzene rings is 2. The molecule has 134 valence electrons. The third-order valence-electron chi connectivity index (χ3n) is 3.35. The van der Waals surface area contributed by atoms with Gasteiger partial charge in [0.15, 0.2) is 5.75 Å².